The topological polar surface area (TPSA) is 71.3 Å². The van der Waals surface area contributed by atoms with Crippen LogP contribution in [-0.2, 0) is 17.7 Å². The van der Waals surface area contributed by atoms with Gasteiger partial charge < -0.3 is 14.6 Å². The van der Waals surface area contributed by atoms with E-state index in [1.807, 2.05) is 36.4 Å². The highest BCUT2D eigenvalue weighted by Crippen LogP contribution is 2.31. The average molecular weight is 493 g/mol. The molecule has 0 aliphatic heterocycles. The van der Waals surface area contributed by atoms with E-state index in [-0.39, 0.29) is 11.3 Å². The van der Waals surface area contributed by atoms with Crippen molar-refractivity contribution in [3.8, 4) is 0 Å². The lowest BCUT2D eigenvalue weighted by molar-refractivity contribution is 0.0948. The first-order valence-electron chi connectivity index (χ1n) is 12.4. The number of rotatable bonds is 8. The standard InChI is InChI=1S/C28H36N4O2S/c1-28(2,3)24-17-25(32(4)22-12-6-5-7-13-22)31-27(30-24)35-19-20-10-8-11-21(16-20)26(33)29-18-23-14-9-15-34-23/h8-11,14-17,22H,5-7,12-13,18-19H2,1-4H3,(H,29,33). The molecule has 1 aliphatic rings. The second-order valence-corrected chi connectivity index (χ2v) is 11.2. The van der Waals surface area contributed by atoms with Gasteiger partial charge in [-0.1, -0.05) is 63.9 Å². The minimum absolute atomic E-state index is 0.0631. The summed E-state index contributed by atoms with van der Waals surface area (Å²) in [6.07, 6.45) is 7.97. The van der Waals surface area contributed by atoms with Crippen LogP contribution in [0.4, 0.5) is 5.82 Å². The third-order valence-corrected chi connectivity index (χ3v) is 7.42. The van der Waals surface area contributed by atoms with Gasteiger partial charge >= 0.3 is 0 Å². The minimum Gasteiger partial charge on any atom is -0.467 e. The Morgan fingerprint density at radius 2 is 1.91 bits per heavy atom. The van der Waals surface area contributed by atoms with Crippen LogP contribution < -0.4 is 10.2 Å². The van der Waals surface area contributed by atoms with Crippen molar-refractivity contribution >= 4 is 23.5 Å². The van der Waals surface area contributed by atoms with Crippen LogP contribution in [0.25, 0.3) is 0 Å². The molecule has 3 aromatic rings. The van der Waals surface area contributed by atoms with E-state index in [0.717, 1.165) is 28.0 Å². The van der Waals surface area contributed by atoms with E-state index in [1.165, 1.54) is 32.1 Å². The molecule has 4 rings (SSSR count). The van der Waals surface area contributed by atoms with Gasteiger partial charge in [0.25, 0.3) is 5.91 Å². The van der Waals surface area contributed by atoms with Gasteiger partial charge in [0.2, 0.25) is 0 Å². The highest BCUT2D eigenvalue weighted by atomic mass is 32.2. The van der Waals surface area contributed by atoms with Gasteiger partial charge in [-0.25, -0.2) is 9.97 Å². The summed E-state index contributed by atoms with van der Waals surface area (Å²) in [5.74, 6) is 2.32. The number of carbonyl (C=O) groups excluding carboxylic acids is 1. The van der Waals surface area contributed by atoms with Gasteiger partial charge in [-0.15, -0.1) is 0 Å². The molecule has 0 atom stereocenters. The van der Waals surface area contributed by atoms with Crippen LogP contribution in [0.15, 0.2) is 58.3 Å². The number of carbonyl (C=O) groups is 1. The molecule has 6 nitrogen and oxygen atoms in total. The van der Waals surface area contributed by atoms with E-state index >= 15 is 0 Å². The van der Waals surface area contributed by atoms with Crippen molar-refractivity contribution in [1.29, 1.82) is 0 Å². The molecule has 1 fully saturated rings. The van der Waals surface area contributed by atoms with E-state index in [9.17, 15) is 4.79 Å². The van der Waals surface area contributed by atoms with Gasteiger partial charge in [-0.2, -0.15) is 0 Å². The second-order valence-electron chi connectivity index (χ2n) is 10.3. The summed E-state index contributed by atoms with van der Waals surface area (Å²) in [7, 11) is 2.17. The summed E-state index contributed by atoms with van der Waals surface area (Å²) in [6.45, 7) is 6.95. The van der Waals surface area contributed by atoms with Crippen molar-refractivity contribution < 1.29 is 9.21 Å². The molecular formula is C28H36N4O2S. The number of nitrogens with zero attached hydrogens (tertiary/aromatic N) is 3. The maximum atomic E-state index is 12.6. The molecule has 0 bridgehead atoms. The van der Waals surface area contributed by atoms with Crippen LogP contribution in [0.1, 0.15) is 80.3 Å². The smallest absolute Gasteiger partial charge is 0.251 e. The maximum Gasteiger partial charge on any atom is 0.251 e. The lowest BCUT2D eigenvalue weighted by Crippen LogP contribution is -2.34. The number of anilines is 1. The fraction of sp³-hybridized carbons (Fsp3) is 0.464. The Bertz CT molecular complexity index is 1120. The zero-order chi connectivity index (χ0) is 24.8. The van der Waals surface area contributed by atoms with Crippen molar-refractivity contribution in [2.75, 3.05) is 11.9 Å². The van der Waals surface area contributed by atoms with Crippen molar-refractivity contribution in [2.24, 2.45) is 0 Å². The molecule has 2 heterocycles. The van der Waals surface area contributed by atoms with E-state index in [4.69, 9.17) is 14.4 Å². The average Bonchev–Trinajstić information content (AvgIpc) is 3.39. The Hall–Kier alpha value is -2.80. The largest absolute Gasteiger partial charge is 0.467 e. The van der Waals surface area contributed by atoms with Crippen LogP contribution in [0, 0.1) is 0 Å². The van der Waals surface area contributed by atoms with Crippen molar-refractivity contribution in [2.45, 2.75) is 81.8 Å². The number of thioether (sulfide) groups is 1. The molecule has 1 saturated carbocycles. The molecule has 0 saturated heterocycles. The number of benzene rings is 1. The molecule has 0 unspecified atom stereocenters. The van der Waals surface area contributed by atoms with Crippen LogP contribution in [-0.4, -0.2) is 29.0 Å². The van der Waals surface area contributed by atoms with Crippen LogP contribution >= 0.6 is 11.8 Å². The quantitative estimate of drug-likeness (QED) is 0.291. The molecule has 35 heavy (non-hydrogen) atoms. The summed E-state index contributed by atoms with van der Waals surface area (Å²) in [5.41, 5.74) is 2.69. The van der Waals surface area contributed by atoms with E-state index in [1.54, 1.807) is 18.0 Å². The highest BCUT2D eigenvalue weighted by molar-refractivity contribution is 7.98. The monoisotopic (exact) mass is 492 g/mol. The maximum absolute atomic E-state index is 12.6. The fourth-order valence-electron chi connectivity index (χ4n) is 4.33. The number of aromatic nitrogens is 2. The Balaban J connectivity index is 1.46. The highest BCUT2D eigenvalue weighted by Gasteiger charge is 2.23. The van der Waals surface area contributed by atoms with Gasteiger partial charge in [0.1, 0.15) is 11.6 Å². The zero-order valence-electron chi connectivity index (χ0n) is 21.2. The zero-order valence-corrected chi connectivity index (χ0v) is 22.0. The number of hydrogen-bond acceptors (Lipinski definition) is 6. The first kappa shape index (κ1) is 25.3. The Morgan fingerprint density at radius 3 is 2.63 bits per heavy atom. The third-order valence-electron chi connectivity index (χ3n) is 6.50. The molecule has 1 aromatic carbocycles. The lowest BCUT2D eigenvalue weighted by atomic mass is 9.91. The molecule has 2 aromatic heterocycles. The van der Waals surface area contributed by atoms with E-state index < -0.39 is 0 Å². The lowest BCUT2D eigenvalue weighted by Gasteiger charge is -2.33. The van der Waals surface area contributed by atoms with E-state index in [0.29, 0.717) is 23.9 Å². The Kier molecular flexibility index (Phi) is 8.16. The normalized spacial score (nSPS) is 14.6. The molecule has 1 N–H and O–H groups in total. The molecule has 7 heteroatoms. The molecule has 186 valence electrons. The van der Waals surface area contributed by atoms with E-state index in [2.05, 4.69) is 44.1 Å². The Morgan fingerprint density at radius 1 is 1.11 bits per heavy atom. The number of hydrogen-bond donors (Lipinski definition) is 1. The minimum atomic E-state index is -0.115. The Labute approximate surface area is 212 Å². The summed E-state index contributed by atoms with van der Waals surface area (Å²) in [6, 6.07) is 14.1. The van der Waals surface area contributed by atoms with Crippen LogP contribution in [0.3, 0.4) is 0 Å². The molecule has 1 aliphatic carbocycles. The number of nitrogens with one attached hydrogen (secondary N) is 1. The SMILES string of the molecule is CN(c1cc(C(C)(C)C)nc(SCc2cccc(C(=O)NCc3ccco3)c2)n1)C1CCCCC1. The predicted molar refractivity (Wildman–Crippen MR) is 142 cm³/mol. The summed E-state index contributed by atoms with van der Waals surface area (Å²) < 4.78 is 5.29. The first-order chi connectivity index (χ1) is 16.8. The predicted octanol–water partition coefficient (Wildman–Crippen LogP) is 6.36. The molecule has 1 amide bonds. The summed E-state index contributed by atoms with van der Waals surface area (Å²) >= 11 is 1.62. The molecule has 0 spiro atoms. The van der Waals surface area contributed by atoms with Gasteiger partial charge in [0, 0.05) is 35.9 Å². The third kappa shape index (κ3) is 6.88. The number of amides is 1. The van der Waals surface area contributed by atoms with Crippen LogP contribution in [0.2, 0.25) is 0 Å². The van der Waals surface area contributed by atoms with Crippen molar-refractivity contribution in [3.05, 3.63) is 71.3 Å². The van der Waals surface area contributed by atoms with Crippen molar-refractivity contribution in [1.82, 2.24) is 15.3 Å². The molecular weight excluding hydrogens is 456 g/mol. The molecule has 0 radical (unpaired) electrons. The second kappa shape index (κ2) is 11.3. The van der Waals surface area contributed by atoms with Crippen LogP contribution in [0.5, 0.6) is 0 Å². The van der Waals surface area contributed by atoms with Gasteiger partial charge in [-0.3, -0.25) is 4.79 Å². The van der Waals surface area contributed by atoms with Gasteiger partial charge in [-0.05, 0) is 42.7 Å². The number of furan rings is 1. The fourth-order valence-corrected chi connectivity index (χ4v) is 5.13. The van der Waals surface area contributed by atoms with Gasteiger partial charge in [0.15, 0.2) is 5.16 Å². The first-order valence-corrected chi connectivity index (χ1v) is 13.4. The summed E-state index contributed by atoms with van der Waals surface area (Å²) in [4.78, 5) is 24.8. The van der Waals surface area contributed by atoms with Crippen molar-refractivity contribution in [3.63, 3.8) is 0 Å². The summed E-state index contributed by atoms with van der Waals surface area (Å²) in [5, 5.41) is 3.69. The van der Waals surface area contributed by atoms with Gasteiger partial charge in [0.05, 0.1) is 18.5 Å².